The van der Waals surface area contributed by atoms with Crippen molar-refractivity contribution < 1.29 is 9.59 Å². The van der Waals surface area contributed by atoms with Crippen LogP contribution in [-0.2, 0) is 11.8 Å². The zero-order valence-corrected chi connectivity index (χ0v) is 14.4. The highest BCUT2D eigenvalue weighted by Crippen LogP contribution is 2.16. The van der Waals surface area contributed by atoms with E-state index in [1.165, 1.54) is 0 Å². The van der Waals surface area contributed by atoms with Crippen LogP contribution in [0.1, 0.15) is 10.4 Å². The number of aromatic nitrogens is 2. The van der Waals surface area contributed by atoms with Gasteiger partial charge in [0.2, 0.25) is 5.91 Å². The Labute approximate surface area is 141 Å². The van der Waals surface area contributed by atoms with E-state index in [1.807, 2.05) is 41.6 Å². The largest absolute Gasteiger partial charge is 0.338 e. The number of fused-ring (bicyclic) bond motifs is 1. The van der Waals surface area contributed by atoms with Crippen molar-refractivity contribution in [3.05, 3.63) is 30.1 Å². The summed E-state index contributed by atoms with van der Waals surface area (Å²) < 4.78 is 1.91. The summed E-state index contributed by atoms with van der Waals surface area (Å²) in [5.41, 5.74) is 2.35. The molecule has 1 aliphatic heterocycles. The minimum Gasteiger partial charge on any atom is -0.338 e. The molecule has 2 aromatic rings. The molecule has 1 aliphatic rings. The molecular weight excluding hydrogens is 306 g/mol. The van der Waals surface area contributed by atoms with E-state index in [2.05, 4.69) is 4.98 Å². The maximum Gasteiger partial charge on any atom is 0.254 e. The Balaban J connectivity index is 1.68. The molecule has 0 spiro atoms. The Morgan fingerprint density at radius 2 is 2.08 bits per heavy atom. The van der Waals surface area contributed by atoms with Crippen molar-refractivity contribution in [3.63, 3.8) is 0 Å². The number of hydrogen-bond donors (Lipinski definition) is 0. The number of carbonyl (C=O) groups excluding carboxylic acids is 2. The summed E-state index contributed by atoms with van der Waals surface area (Å²) in [6.45, 7) is 2.83. The zero-order chi connectivity index (χ0) is 17.3. The molecule has 0 saturated carbocycles. The van der Waals surface area contributed by atoms with Gasteiger partial charge in [-0.1, -0.05) is 0 Å². The van der Waals surface area contributed by atoms with Gasteiger partial charge in [0.05, 0.1) is 17.4 Å². The number of rotatable bonds is 4. The molecule has 0 unspecified atom stereocenters. The van der Waals surface area contributed by atoms with Crippen molar-refractivity contribution in [3.8, 4) is 0 Å². The zero-order valence-electron chi connectivity index (χ0n) is 14.4. The molecule has 0 N–H and O–H groups in total. The third kappa shape index (κ3) is 3.26. The van der Waals surface area contributed by atoms with Gasteiger partial charge in [-0.3, -0.25) is 9.59 Å². The number of nitrogens with zero attached hydrogens (tertiary/aromatic N) is 5. The minimum absolute atomic E-state index is 0.00960. The molecule has 0 atom stereocenters. The quantitative estimate of drug-likeness (QED) is 0.816. The number of benzene rings is 1. The molecule has 2 amide bonds. The highest BCUT2D eigenvalue weighted by atomic mass is 16.2. The van der Waals surface area contributed by atoms with E-state index in [9.17, 15) is 9.59 Å². The van der Waals surface area contributed by atoms with Gasteiger partial charge < -0.3 is 19.3 Å². The van der Waals surface area contributed by atoms with E-state index in [0.717, 1.165) is 17.6 Å². The second-order valence-electron chi connectivity index (χ2n) is 6.47. The van der Waals surface area contributed by atoms with Gasteiger partial charge in [-0.2, -0.15) is 0 Å². The van der Waals surface area contributed by atoms with E-state index in [1.54, 1.807) is 23.4 Å². The van der Waals surface area contributed by atoms with Gasteiger partial charge in [-0.25, -0.2) is 4.98 Å². The lowest BCUT2D eigenvalue weighted by Crippen LogP contribution is -2.53. The molecule has 0 radical (unpaired) electrons. The van der Waals surface area contributed by atoms with E-state index < -0.39 is 0 Å². The van der Waals surface area contributed by atoms with Crippen LogP contribution in [0.2, 0.25) is 0 Å². The number of amides is 2. The molecule has 24 heavy (non-hydrogen) atoms. The molecule has 1 fully saturated rings. The second kappa shape index (κ2) is 6.60. The smallest absolute Gasteiger partial charge is 0.254 e. The number of likely N-dealkylation sites (N-methyl/N-ethyl adjacent to an activating group) is 1. The highest BCUT2D eigenvalue weighted by Gasteiger charge is 2.27. The van der Waals surface area contributed by atoms with Gasteiger partial charge >= 0.3 is 0 Å². The summed E-state index contributed by atoms with van der Waals surface area (Å²) in [6.07, 6.45) is 1.73. The number of imidazole rings is 1. The summed E-state index contributed by atoms with van der Waals surface area (Å²) in [6, 6.07) is 5.49. The Morgan fingerprint density at radius 3 is 2.79 bits per heavy atom. The Kier molecular flexibility index (Phi) is 4.53. The van der Waals surface area contributed by atoms with Crippen molar-refractivity contribution in [2.75, 3.05) is 46.8 Å². The first-order chi connectivity index (χ1) is 11.5. The molecule has 128 valence electrons. The monoisotopic (exact) mass is 329 g/mol. The van der Waals surface area contributed by atoms with Crippen molar-refractivity contribution in [2.45, 2.75) is 0 Å². The van der Waals surface area contributed by atoms with Crippen LogP contribution in [0.25, 0.3) is 11.0 Å². The summed E-state index contributed by atoms with van der Waals surface area (Å²) in [7, 11) is 5.89. The lowest BCUT2D eigenvalue weighted by atomic mass is 10.1. The predicted octanol–water partition coefficient (Wildman–Crippen LogP) is 0.419. The molecule has 1 aromatic heterocycles. The maximum atomic E-state index is 12.7. The number of aryl methyl sites for hydroxylation is 1. The summed E-state index contributed by atoms with van der Waals surface area (Å²) >= 11 is 0. The van der Waals surface area contributed by atoms with Crippen LogP contribution in [0.5, 0.6) is 0 Å². The molecule has 7 nitrogen and oxygen atoms in total. The van der Waals surface area contributed by atoms with E-state index in [-0.39, 0.29) is 18.4 Å². The topological polar surface area (TPSA) is 61.7 Å². The Morgan fingerprint density at radius 1 is 1.29 bits per heavy atom. The summed E-state index contributed by atoms with van der Waals surface area (Å²) in [4.78, 5) is 34.7. The molecular formula is C17H23N5O2. The van der Waals surface area contributed by atoms with Crippen LogP contribution in [0.4, 0.5) is 0 Å². The maximum absolute atomic E-state index is 12.7. The minimum atomic E-state index is -0.108. The molecule has 3 rings (SSSR count). The first kappa shape index (κ1) is 16.4. The van der Waals surface area contributed by atoms with Crippen LogP contribution in [-0.4, -0.2) is 82.9 Å². The van der Waals surface area contributed by atoms with E-state index in [0.29, 0.717) is 25.2 Å². The van der Waals surface area contributed by atoms with Crippen molar-refractivity contribution in [1.29, 1.82) is 0 Å². The van der Waals surface area contributed by atoms with Gasteiger partial charge in [0.25, 0.3) is 5.91 Å². The molecule has 7 heteroatoms. The average molecular weight is 329 g/mol. The van der Waals surface area contributed by atoms with E-state index >= 15 is 0 Å². The van der Waals surface area contributed by atoms with Gasteiger partial charge in [0.1, 0.15) is 6.54 Å². The van der Waals surface area contributed by atoms with Crippen LogP contribution in [0.15, 0.2) is 24.5 Å². The van der Waals surface area contributed by atoms with E-state index in [4.69, 9.17) is 0 Å². The van der Waals surface area contributed by atoms with Gasteiger partial charge in [-0.15, -0.1) is 0 Å². The standard InChI is InChI=1S/C17H23N5O2/c1-19(2)6-7-21-8-9-22(11-16(21)23)17(24)13-4-5-15-14(10-13)18-12-20(15)3/h4-5,10,12H,6-9,11H2,1-3H3. The molecule has 1 aromatic carbocycles. The van der Waals surface area contributed by atoms with Crippen LogP contribution >= 0.6 is 0 Å². The molecule has 1 saturated heterocycles. The number of hydrogen-bond acceptors (Lipinski definition) is 4. The Hall–Kier alpha value is -2.41. The fourth-order valence-corrected chi connectivity index (χ4v) is 2.89. The van der Waals surface area contributed by atoms with Crippen LogP contribution in [0.3, 0.4) is 0 Å². The fourth-order valence-electron chi connectivity index (χ4n) is 2.89. The average Bonchev–Trinajstić information content (AvgIpc) is 2.93. The third-order valence-electron chi connectivity index (χ3n) is 4.40. The van der Waals surface area contributed by atoms with Gasteiger partial charge in [0.15, 0.2) is 0 Å². The lowest BCUT2D eigenvalue weighted by molar-refractivity contribution is -0.135. The van der Waals surface area contributed by atoms with Gasteiger partial charge in [0, 0.05) is 38.8 Å². The molecule has 0 bridgehead atoms. The predicted molar refractivity (Wildman–Crippen MR) is 91.8 cm³/mol. The number of carbonyl (C=O) groups is 2. The fraction of sp³-hybridized carbons (Fsp3) is 0.471. The second-order valence-corrected chi connectivity index (χ2v) is 6.47. The van der Waals surface area contributed by atoms with Crippen LogP contribution < -0.4 is 0 Å². The lowest BCUT2D eigenvalue weighted by Gasteiger charge is -2.34. The summed E-state index contributed by atoms with van der Waals surface area (Å²) in [5.74, 6) is -0.0986. The normalized spacial score (nSPS) is 15.6. The first-order valence-corrected chi connectivity index (χ1v) is 8.08. The van der Waals surface area contributed by atoms with Crippen molar-refractivity contribution in [2.24, 2.45) is 7.05 Å². The molecule has 0 aliphatic carbocycles. The highest BCUT2D eigenvalue weighted by molar-refractivity contribution is 5.99. The van der Waals surface area contributed by atoms with Crippen molar-refractivity contribution in [1.82, 2.24) is 24.3 Å². The van der Waals surface area contributed by atoms with Crippen LogP contribution in [0, 0.1) is 0 Å². The number of piperazine rings is 1. The van der Waals surface area contributed by atoms with Gasteiger partial charge in [-0.05, 0) is 32.3 Å². The first-order valence-electron chi connectivity index (χ1n) is 8.08. The molecule has 2 heterocycles. The van der Waals surface area contributed by atoms with Crippen molar-refractivity contribution >= 4 is 22.8 Å². The summed E-state index contributed by atoms with van der Waals surface area (Å²) in [5, 5.41) is 0. The third-order valence-corrected chi connectivity index (χ3v) is 4.40. The SMILES string of the molecule is CN(C)CCN1CCN(C(=O)c2ccc3c(c2)ncn3C)CC1=O. The Bertz CT molecular complexity index is 767.